The Morgan fingerprint density at radius 1 is 1.04 bits per heavy atom. The molecule has 3 N–H and O–H groups in total. The van der Waals surface area contributed by atoms with Crippen molar-refractivity contribution in [3.63, 3.8) is 0 Å². The van der Waals surface area contributed by atoms with Crippen molar-refractivity contribution in [3.05, 3.63) is 65.7 Å². The normalized spacial score (nSPS) is 12.2. The summed E-state index contributed by atoms with van der Waals surface area (Å²) in [6.07, 6.45) is -1.02. The Kier molecular flexibility index (Phi) is 6.90. The van der Waals surface area contributed by atoms with Crippen molar-refractivity contribution in [1.82, 2.24) is 10.6 Å². The lowest BCUT2D eigenvalue weighted by Gasteiger charge is -2.27. The number of halogens is 3. The Bertz CT molecular complexity index is 750. The van der Waals surface area contributed by atoms with Crippen LogP contribution in [0.3, 0.4) is 0 Å². The predicted octanol–water partition coefficient (Wildman–Crippen LogP) is 4.41. The van der Waals surface area contributed by atoms with Gasteiger partial charge in [-0.1, -0.05) is 70.7 Å². The maximum absolute atomic E-state index is 12.4. The van der Waals surface area contributed by atoms with E-state index in [0.717, 1.165) is 11.3 Å². The molecule has 2 aromatic carbocycles. The molecule has 25 heavy (non-hydrogen) atoms. The average Bonchev–Trinajstić information content (AvgIpc) is 2.54. The molecule has 4 nitrogen and oxygen atoms in total. The monoisotopic (exact) mass is 415 g/mol. The molecule has 2 aromatic rings. The van der Waals surface area contributed by atoms with Gasteiger partial charge in [-0.25, -0.2) is 0 Å². The topological polar surface area (TPSA) is 53.2 Å². The van der Waals surface area contributed by atoms with Crippen LogP contribution in [-0.4, -0.2) is 21.0 Å². The quantitative estimate of drug-likeness (QED) is 0.393. The summed E-state index contributed by atoms with van der Waals surface area (Å²) in [5.74, 6) is -0.380. The third kappa shape index (κ3) is 6.36. The summed E-state index contributed by atoms with van der Waals surface area (Å²) in [7, 11) is 0. The average molecular weight is 417 g/mol. The highest BCUT2D eigenvalue weighted by atomic mass is 35.6. The number of anilines is 1. The molecule has 0 fully saturated rings. The van der Waals surface area contributed by atoms with Crippen molar-refractivity contribution >= 4 is 63.7 Å². The highest BCUT2D eigenvalue weighted by molar-refractivity contribution is 7.80. The number of para-hydroxylation sites is 1. The first kappa shape index (κ1) is 19.8. The Labute approximate surface area is 166 Å². The Hall–Kier alpha value is -1.53. The van der Waals surface area contributed by atoms with Crippen LogP contribution in [0.25, 0.3) is 0 Å². The van der Waals surface area contributed by atoms with Crippen molar-refractivity contribution in [1.29, 1.82) is 0 Å². The molecule has 2 rings (SSSR count). The molecule has 0 unspecified atom stereocenters. The summed E-state index contributed by atoms with van der Waals surface area (Å²) in [4.78, 5) is 12.4. The zero-order valence-corrected chi connectivity index (χ0v) is 16.3. The lowest BCUT2D eigenvalue weighted by atomic mass is 10.1. The summed E-state index contributed by atoms with van der Waals surface area (Å²) < 4.78 is -1.80. The van der Waals surface area contributed by atoms with Crippen LogP contribution in [0.1, 0.15) is 15.9 Å². The molecule has 0 heterocycles. The Balaban J connectivity index is 2.06. The number of hydrogen-bond donors (Lipinski definition) is 3. The van der Waals surface area contributed by atoms with Gasteiger partial charge in [0.25, 0.3) is 5.91 Å². The van der Waals surface area contributed by atoms with Gasteiger partial charge in [0.2, 0.25) is 3.79 Å². The van der Waals surface area contributed by atoms with E-state index in [-0.39, 0.29) is 11.0 Å². The van der Waals surface area contributed by atoms with Crippen molar-refractivity contribution in [3.8, 4) is 0 Å². The first-order valence-electron chi connectivity index (χ1n) is 7.32. The standard InChI is InChI=1S/C17H16Cl3N3OS/c1-11-6-5-7-12(10-11)14(24)22-15(17(18,19)20)23-16(25)21-13-8-3-2-4-9-13/h2-10,15H,1H3,(H,22,24)(H2,21,23,25)/t15-/m0/s1. The Morgan fingerprint density at radius 3 is 2.32 bits per heavy atom. The van der Waals surface area contributed by atoms with Gasteiger partial charge in [0.15, 0.2) is 5.11 Å². The molecule has 0 bridgehead atoms. The van der Waals surface area contributed by atoms with Crippen LogP contribution < -0.4 is 16.0 Å². The molecule has 0 aliphatic heterocycles. The van der Waals surface area contributed by atoms with E-state index >= 15 is 0 Å². The Morgan fingerprint density at radius 2 is 1.72 bits per heavy atom. The molecule has 0 radical (unpaired) electrons. The van der Waals surface area contributed by atoms with Crippen LogP contribution in [0.5, 0.6) is 0 Å². The van der Waals surface area contributed by atoms with Gasteiger partial charge in [0.1, 0.15) is 6.17 Å². The minimum absolute atomic E-state index is 0.215. The fourth-order valence-electron chi connectivity index (χ4n) is 2.02. The van der Waals surface area contributed by atoms with Crippen LogP contribution >= 0.6 is 47.0 Å². The fraction of sp³-hybridized carbons (Fsp3) is 0.176. The maximum Gasteiger partial charge on any atom is 0.252 e. The van der Waals surface area contributed by atoms with Crippen LogP contribution in [0.15, 0.2) is 54.6 Å². The molecule has 0 spiro atoms. The minimum atomic E-state index is -1.80. The van der Waals surface area contributed by atoms with Crippen molar-refractivity contribution in [2.75, 3.05) is 5.32 Å². The van der Waals surface area contributed by atoms with Gasteiger partial charge in [0, 0.05) is 11.3 Å². The summed E-state index contributed by atoms with van der Waals surface area (Å²) in [5.41, 5.74) is 2.18. The van der Waals surface area contributed by atoms with E-state index in [0.29, 0.717) is 5.56 Å². The number of amides is 1. The van der Waals surface area contributed by atoms with Gasteiger partial charge in [-0.3, -0.25) is 4.79 Å². The van der Waals surface area contributed by atoms with Crippen LogP contribution in [0, 0.1) is 6.92 Å². The molecular weight excluding hydrogens is 401 g/mol. The third-order valence-electron chi connectivity index (χ3n) is 3.19. The zero-order valence-electron chi connectivity index (χ0n) is 13.2. The first-order chi connectivity index (χ1) is 11.8. The van der Waals surface area contributed by atoms with Crippen LogP contribution in [0.2, 0.25) is 0 Å². The summed E-state index contributed by atoms with van der Waals surface area (Å²) in [6.45, 7) is 1.89. The summed E-state index contributed by atoms with van der Waals surface area (Å²) >= 11 is 23.1. The number of carbonyl (C=O) groups excluding carboxylic acids is 1. The van der Waals surface area contributed by atoms with E-state index in [9.17, 15) is 4.79 Å². The zero-order chi connectivity index (χ0) is 18.4. The number of alkyl halides is 3. The van der Waals surface area contributed by atoms with Gasteiger partial charge in [-0.2, -0.15) is 0 Å². The molecule has 0 aromatic heterocycles. The molecule has 1 amide bonds. The number of benzene rings is 2. The predicted molar refractivity (Wildman–Crippen MR) is 109 cm³/mol. The van der Waals surface area contributed by atoms with Gasteiger partial charge < -0.3 is 16.0 Å². The van der Waals surface area contributed by atoms with E-state index in [2.05, 4.69) is 16.0 Å². The molecule has 0 aliphatic carbocycles. The van der Waals surface area contributed by atoms with E-state index in [1.807, 2.05) is 43.3 Å². The van der Waals surface area contributed by atoms with Gasteiger partial charge in [-0.15, -0.1) is 0 Å². The van der Waals surface area contributed by atoms with Crippen molar-refractivity contribution in [2.24, 2.45) is 0 Å². The highest BCUT2D eigenvalue weighted by Gasteiger charge is 2.34. The number of rotatable bonds is 4. The maximum atomic E-state index is 12.4. The largest absolute Gasteiger partial charge is 0.339 e. The number of hydrogen-bond acceptors (Lipinski definition) is 2. The van der Waals surface area contributed by atoms with Gasteiger partial charge in [0.05, 0.1) is 0 Å². The summed E-state index contributed by atoms with van der Waals surface area (Å²) in [6, 6.07) is 16.4. The van der Waals surface area contributed by atoms with Crippen molar-refractivity contribution < 1.29 is 4.79 Å². The van der Waals surface area contributed by atoms with Crippen LogP contribution in [0.4, 0.5) is 5.69 Å². The van der Waals surface area contributed by atoms with E-state index < -0.39 is 9.96 Å². The van der Waals surface area contributed by atoms with E-state index in [4.69, 9.17) is 47.0 Å². The summed E-state index contributed by atoms with van der Waals surface area (Å²) in [5, 5.41) is 8.63. The molecule has 1 atom stereocenters. The van der Waals surface area contributed by atoms with E-state index in [1.54, 1.807) is 18.2 Å². The molecule has 0 saturated carbocycles. The number of carbonyl (C=O) groups is 1. The first-order valence-corrected chi connectivity index (χ1v) is 8.87. The van der Waals surface area contributed by atoms with Crippen molar-refractivity contribution in [2.45, 2.75) is 16.9 Å². The molecular formula is C17H16Cl3N3OS. The molecule has 132 valence electrons. The number of nitrogens with one attached hydrogen (secondary N) is 3. The van der Waals surface area contributed by atoms with E-state index in [1.165, 1.54) is 0 Å². The second-order valence-corrected chi connectivity index (χ2v) is 8.06. The molecule has 0 saturated heterocycles. The van der Waals surface area contributed by atoms with Gasteiger partial charge >= 0.3 is 0 Å². The lowest BCUT2D eigenvalue weighted by Crippen LogP contribution is -2.56. The lowest BCUT2D eigenvalue weighted by molar-refractivity contribution is 0.0934. The second-order valence-electron chi connectivity index (χ2n) is 5.28. The minimum Gasteiger partial charge on any atom is -0.339 e. The highest BCUT2D eigenvalue weighted by Crippen LogP contribution is 2.29. The van der Waals surface area contributed by atoms with Gasteiger partial charge in [-0.05, 0) is 43.4 Å². The van der Waals surface area contributed by atoms with Crippen LogP contribution in [-0.2, 0) is 0 Å². The third-order valence-corrected chi connectivity index (χ3v) is 4.06. The smallest absolute Gasteiger partial charge is 0.252 e. The molecule has 8 heteroatoms. The fourth-order valence-corrected chi connectivity index (χ4v) is 2.58. The second kappa shape index (κ2) is 8.72. The molecule has 0 aliphatic rings. The SMILES string of the molecule is Cc1cccc(C(=O)N[C@@H](NC(=S)Nc2ccccc2)C(Cl)(Cl)Cl)c1. The number of thiocarbonyl (C=S) groups is 1. The number of aryl methyl sites for hydroxylation is 1.